The number of sulfonamides is 1. The maximum absolute atomic E-state index is 13.2. The zero-order valence-electron chi connectivity index (χ0n) is 18.1. The van der Waals surface area contributed by atoms with Gasteiger partial charge in [-0.1, -0.05) is 29.3 Å². The van der Waals surface area contributed by atoms with Crippen molar-refractivity contribution in [1.82, 2.24) is 14.9 Å². The van der Waals surface area contributed by atoms with Gasteiger partial charge >= 0.3 is 0 Å². The Labute approximate surface area is 204 Å². The Morgan fingerprint density at radius 2 is 1.94 bits per heavy atom. The van der Waals surface area contributed by atoms with Crippen molar-refractivity contribution in [3.8, 4) is 0 Å². The molecule has 0 radical (unpaired) electrons. The third-order valence-electron chi connectivity index (χ3n) is 5.76. The van der Waals surface area contributed by atoms with Crippen LogP contribution in [0.25, 0.3) is 0 Å². The molecule has 2 aliphatic heterocycles. The number of amides is 2. The summed E-state index contributed by atoms with van der Waals surface area (Å²) < 4.78 is 48.0. The van der Waals surface area contributed by atoms with Crippen molar-refractivity contribution >= 4 is 44.0 Å². The lowest BCUT2D eigenvalue weighted by Crippen LogP contribution is -2.51. The zero-order chi connectivity index (χ0) is 24.7. The predicted molar refractivity (Wildman–Crippen MR) is 129 cm³/mol. The molecule has 0 bridgehead atoms. The Bertz CT molecular complexity index is 1260. The van der Waals surface area contributed by atoms with Crippen LogP contribution < -0.4 is 10.6 Å². The molecule has 2 heterocycles. The molecule has 2 amide bonds. The molecular weight excluding hydrogens is 502 g/mol. The van der Waals surface area contributed by atoms with Crippen LogP contribution in [0.5, 0.6) is 0 Å². The highest BCUT2D eigenvalue weighted by atomic mass is 35.5. The monoisotopic (exact) mass is 525 g/mol. The first kappa shape index (κ1) is 24.6. The van der Waals surface area contributed by atoms with Crippen LogP contribution in [-0.4, -0.2) is 45.4 Å². The third-order valence-corrected chi connectivity index (χ3v) is 9.67. The molecule has 2 aromatic carbocycles. The van der Waals surface area contributed by atoms with E-state index in [0.29, 0.717) is 15.5 Å². The van der Waals surface area contributed by atoms with E-state index in [4.69, 9.17) is 11.6 Å². The summed E-state index contributed by atoms with van der Waals surface area (Å²) in [5, 5.41) is 5.62. The van der Waals surface area contributed by atoms with E-state index < -0.39 is 50.9 Å². The number of carbonyl (C=O) groups is 2. The van der Waals surface area contributed by atoms with Gasteiger partial charge < -0.3 is 10.6 Å². The Morgan fingerprint density at radius 3 is 2.65 bits per heavy atom. The Balaban J connectivity index is 1.56. The molecule has 0 aromatic heterocycles. The van der Waals surface area contributed by atoms with Crippen LogP contribution in [-0.2, 0) is 19.6 Å². The van der Waals surface area contributed by atoms with Crippen LogP contribution in [0.4, 0.5) is 0 Å². The summed E-state index contributed by atoms with van der Waals surface area (Å²) in [5.74, 6) is -1.13. The first-order chi connectivity index (χ1) is 16.0. The van der Waals surface area contributed by atoms with Crippen molar-refractivity contribution in [3.05, 3.63) is 71.0 Å². The molecule has 0 saturated heterocycles. The van der Waals surface area contributed by atoms with Gasteiger partial charge in [-0.3, -0.25) is 23.0 Å². The van der Waals surface area contributed by atoms with E-state index in [1.54, 1.807) is 24.3 Å². The van der Waals surface area contributed by atoms with Crippen LogP contribution in [0.3, 0.4) is 0 Å². The Morgan fingerprint density at radius 1 is 1.24 bits per heavy atom. The standard InChI is InChI=1S/C22H24ClN3O6S2/c1-14-2-5-16(6-3-14)34(31,32)26-10-9-24-22(28)19(26)13-21(27)25-18-8-11-33(29,30)20-7-4-15(23)12-17(18)20/h2-7,9-10,12,18-19,29-30H,8,11,13H2,1H3,(H,24,28)(H,25,27)/t18-,19-/m1/s1. The number of aryl methyl sites for hydroxylation is 1. The molecule has 0 aliphatic carbocycles. The van der Waals surface area contributed by atoms with Crippen molar-refractivity contribution in [3.63, 3.8) is 0 Å². The van der Waals surface area contributed by atoms with Gasteiger partial charge in [0.2, 0.25) is 11.8 Å². The minimum absolute atomic E-state index is 0.00362. The normalized spacial score (nSPS) is 22.5. The van der Waals surface area contributed by atoms with Crippen LogP contribution in [0.15, 0.2) is 64.7 Å². The molecule has 4 N–H and O–H groups in total. The fourth-order valence-corrected chi connectivity index (χ4v) is 7.27. The average Bonchev–Trinajstić information content (AvgIpc) is 2.77. The minimum atomic E-state index is -4.08. The largest absolute Gasteiger partial charge is 0.349 e. The first-order valence-electron chi connectivity index (χ1n) is 10.4. The first-order valence-corrected chi connectivity index (χ1v) is 13.9. The second kappa shape index (κ2) is 9.23. The SMILES string of the molecule is Cc1ccc(S(=O)(=O)N2C=CNC(=O)[C@H]2CC(=O)N[C@@H]2CCS(O)(O)c3ccc(Cl)cc32)cc1. The summed E-state index contributed by atoms with van der Waals surface area (Å²) in [7, 11) is -7.08. The lowest BCUT2D eigenvalue weighted by molar-refractivity contribution is -0.129. The van der Waals surface area contributed by atoms with Gasteiger partial charge in [-0.05, 0) is 49.2 Å². The summed E-state index contributed by atoms with van der Waals surface area (Å²) in [5.41, 5.74) is 1.37. The van der Waals surface area contributed by atoms with Gasteiger partial charge in [0.1, 0.15) is 6.04 Å². The second-order valence-corrected chi connectivity index (χ2v) is 12.6. The molecule has 2 aromatic rings. The lowest BCUT2D eigenvalue weighted by Gasteiger charge is -2.41. The van der Waals surface area contributed by atoms with Gasteiger partial charge in [0, 0.05) is 23.2 Å². The maximum Gasteiger partial charge on any atom is 0.264 e. The number of fused-ring (bicyclic) bond motifs is 1. The zero-order valence-corrected chi connectivity index (χ0v) is 20.5. The van der Waals surface area contributed by atoms with Crippen molar-refractivity contribution in [2.45, 2.75) is 41.6 Å². The topological polar surface area (TPSA) is 136 Å². The molecule has 4 rings (SSSR count). The van der Waals surface area contributed by atoms with Crippen LogP contribution in [0.1, 0.15) is 30.0 Å². The van der Waals surface area contributed by atoms with Crippen LogP contribution >= 0.6 is 22.2 Å². The number of benzene rings is 2. The quantitative estimate of drug-likeness (QED) is 0.472. The number of rotatable bonds is 5. The number of carbonyl (C=O) groups excluding carboxylic acids is 2. The number of halogens is 1. The Hall–Kier alpha value is -2.57. The third kappa shape index (κ3) is 4.80. The molecule has 9 nitrogen and oxygen atoms in total. The van der Waals surface area contributed by atoms with Gasteiger partial charge in [0.05, 0.1) is 22.3 Å². The molecule has 0 fully saturated rings. The van der Waals surface area contributed by atoms with Crippen LogP contribution in [0, 0.1) is 6.92 Å². The van der Waals surface area contributed by atoms with E-state index in [0.717, 1.165) is 9.87 Å². The molecule has 34 heavy (non-hydrogen) atoms. The molecule has 2 atom stereocenters. The van der Waals surface area contributed by atoms with Gasteiger partial charge in [-0.25, -0.2) is 8.42 Å². The molecule has 2 aliphatic rings. The molecule has 0 unspecified atom stereocenters. The Kier molecular flexibility index (Phi) is 6.67. The second-order valence-electron chi connectivity index (χ2n) is 8.15. The predicted octanol–water partition coefficient (Wildman–Crippen LogP) is 3.37. The summed E-state index contributed by atoms with van der Waals surface area (Å²) >= 11 is 6.08. The summed E-state index contributed by atoms with van der Waals surface area (Å²) in [6.07, 6.45) is 2.26. The van der Waals surface area contributed by atoms with Crippen molar-refractivity contribution in [2.24, 2.45) is 0 Å². The maximum atomic E-state index is 13.2. The summed E-state index contributed by atoms with van der Waals surface area (Å²) in [4.78, 5) is 25.8. The van der Waals surface area contributed by atoms with Gasteiger partial charge in [-0.15, -0.1) is 0 Å². The van der Waals surface area contributed by atoms with E-state index in [2.05, 4.69) is 10.6 Å². The van der Waals surface area contributed by atoms with Gasteiger partial charge in [0.25, 0.3) is 10.0 Å². The highest BCUT2D eigenvalue weighted by Gasteiger charge is 2.38. The summed E-state index contributed by atoms with van der Waals surface area (Å²) in [6, 6.07) is 8.98. The smallest absolute Gasteiger partial charge is 0.264 e. The van der Waals surface area contributed by atoms with Gasteiger partial charge in [-0.2, -0.15) is 10.6 Å². The van der Waals surface area contributed by atoms with Crippen molar-refractivity contribution in [2.75, 3.05) is 5.75 Å². The molecule has 0 saturated carbocycles. The molecular formula is C22H24ClN3O6S2. The number of hydrogen-bond acceptors (Lipinski definition) is 6. The van der Waals surface area contributed by atoms with Gasteiger partial charge in [0.15, 0.2) is 0 Å². The van der Waals surface area contributed by atoms with E-state index in [9.17, 15) is 27.1 Å². The fourth-order valence-electron chi connectivity index (χ4n) is 3.99. The summed E-state index contributed by atoms with van der Waals surface area (Å²) in [6.45, 7) is 1.83. The van der Waals surface area contributed by atoms with E-state index in [1.165, 1.54) is 30.6 Å². The average molecular weight is 526 g/mol. The number of nitrogens with one attached hydrogen (secondary N) is 2. The highest BCUT2D eigenvalue weighted by molar-refractivity contribution is 8.24. The van der Waals surface area contributed by atoms with E-state index in [1.807, 2.05) is 6.92 Å². The fraction of sp³-hybridized carbons (Fsp3) is 0.273. The molecule has 0 spiro atoms. The van der Waals surface area contributed by atoms with E-state index >= 15 is 0 Å². The molecule has 12 heteroatoms. The van der Waals surface area contributed by atoms with Crippen molar-refractivity contribution < 1.29 is 27.1 Å². The van der Waals surface area contributed by atoms with Crippen LogP contribution in [0.2, 0.25) is 5.02 Å². The number of hydrogen-bond donors (Lipinski definition) is 4. The minimum Gasteiger partial charge on any atom is -0.349 e. The lowest BCUT2D eigenvalue weighted by atomic mass is 10.0. The van der Waals surface area contributed by atoms with E-state index in [-0.39, 0.29) is 17.1 Å². The number of nitrogens with zero attached hydrogens (tertiary/aromatic N) is 1. The van der Waals surface area contributed by atoms with Crippen molar-refractivity contribution in [1.29, 1.82) is 0 Å². The highest BCUT2D eigenvalue weighted by Crippen LogP contribution is 2.56. The molecule has 182 valence electrons.